The fourth-order valence-corrected chi connectivity index (χ4v) is 3.95. The summed E-state index contributed by atoms with van der Waals surface area (Å²) in [5.41, 5.74) is 10.1. The normalized spacial score (nSPS) is 15.2. The molecule has 4 rings (SSSR count). The van der Waals surface area contributed by atoms with Gasteiger partial charge in [-0.05, 0) is 30.9 Å². The minimum absolute atomic E-state index is 0.0210. The van der Waals surface area contributed by atoms with Crippen molar-refractivity contribution in [3.05, 3.63) is 59.8 Å². The van der Waals surface area contributed by atoms with Gasteiger partial charge >= 0.3 is 0 Å². The zero-order chi connectivity index (χ0) is 19.0. The van der Waals surface area contributed by atoms with E-state index in [1.54, 1.807) is 0 Å². The van der Waals surface area contributed by atoms with Gasteiger partial charge in [0.05, 0.1) is 0 Å². The van der Waals surface area contributed by atoms with Crippen molar-refractivity contribution in [3.8, 4) is 11.1 Å². The van der Waals surface area contributed by atoms with Crippen LogP contribution in [-0.4, -0.2) is 34.8 Å². The highest BCUT2D eigenvalue weighted by Crippen LogP contribution is 2.35. The van der Waals surface area contributed by atoms with Crippen molar-refractivity contribution >= 4 is 22.7 Å². The number of H-pyrrole nitrogens is 1. The van der Waals surface area contributed by atoms with Crippen LogP contribution >= 0.6 is 0 Å². The molecule has 0 unspecified atom stereocenters. The highest BCUT2D eigenvalue weighted by Gasteiger charge is 2.29. The van der Waals surface area contributed by atoms with Crippen LogP contribution in [0, 0.1) is 12.8 Å². The maximum atomic E-state index is 13.3. The van der Waals surface area contributed by atoms with E-state index in [2.05, 4.69) is 11.1 Å². The number of carbonyl (C=O) groups is 2. The van der Waals surface area contributed by atoms with Crippen molar-refractivity contribution in [1.29, 1.82) is 0 Å². The van der Waals surface area contributed by atoms with Gasteiger partial charge in [-0.25, -0.2) is 0 Å². The van der Waals surface area contributed by atoms with Crippen molar-refractivity contribution in [2.45, 2.75) is 19.8 Å². The van der Waals surface area contributed by atoms with Gasteiger partial charge in [-0.15, -0.1) is 0 Å². The lowest BCUT2D eigenvalue weighted by Gasteiger charge is -2.30. The predicted octanol–water partition coefficient (Wildman–Crippen LogP) is 3.48. The minimum Gasteiger partial charge on any atom is -0.369 e. The molecule has 2 aromatic carbocycles. The molecule has 0 saturated carbocycles. The van der Waals surface area contributed by atoms with Gasteiger partial charge in [0.15, 0.2) is 0 Å². The first-order valence-corrected chi connectivity index (χ1v) is 9.31. The first-order chi connectivity index (χ1) is 13.1. The lowest BCUT2D eigenvalue weighted by Crippen LogP contribution is -2.42. The molecule has 1 saturated heterocycles. The highest BCUT2D eigenvalue weighted by molar-refractivity contribution is 6.10. The number of nitrogens with one attached hydrogen (secondary N) is 1. The summed E-state index contributed by atoms with van der Waals surface area (Å²) >= 11 is 0. The number of aromatic nitrogens is 1. The maximum absolute atomic E-state index is 13.3. The van der Waals surface area contributed by atoms with E-state index in [0.29, 0.717) is 31.6 Å². The van der Waals surface area contributed by atoms with E-state index in [1.807, 2.05) is 54.3 Å². The Kier molecular flexibility index (Phi) is 4.44. The molecule has 0 spiro atoms. The van der Waals surface area contributed by atoms with Crippen molar-refractivity contribution in [2.75, 3.05) is 13.1 Å². The van der Waals surface area contributed by atoms with Crippen molar-refractivity contribution in [1.82, 2.24) is 9.88 Å². The van der Waals surface area contributed by atoms with Crippen LogP contribution in [0.25, 0.3) is 22.0 Å². The Hall–Kier alpha value is -3.08. The third-order valence-corrected chi connectivity index (χ3v) is 5.50. The first kappa shape index (κ1) is 17.3. The second kappa shape index (κ2) is 6.91. The number of carbonyl (C=O) groups excluding carboxylic acids is 2. The number of rotatable bonds is 3. The number of piperidine rings is 1. The van der Waals surface area contributed by atoms with Gasteiger partial charge in [0.2, 0.25) is 5.91 Å². The second-order valence-electron chi connectivity index (χ2n) is 7.21. The molecule has 1 aliphatic heterocycles. The van der Waals surface area contributed by atoms with E-state index < -0.39 is 0 Å². The van der Waals surface area contributed by atoms with E-state index in [1.165, 1.54) is 0 Å². The molecule has 0 bridgehead atoms. The van der Waals surface area contributed by atoms with Gasteiger partial charge in [0, 0.05) is 35.5 Å². The molecule has 2 heterocycles. The van der Waals surface area contributed by atoms with Crippen molar-refractivity contribution in [3.63, 3.8) is 0 Å². The second-order valence-corrected chi connectivity index (χ2v) is 7.21. The van der Waals surface area contributed by atoms with Crippen LogP contribution in [0.1, 0.15) is 28.9 Å². The maximum Gasteiger partial charge on any atom is 0.270 e. The summed E-state index contributed by atoms with van der Waals surface area (Å²) in [7, 11) is 0. The van der Waals surface area contributed by atoms with Gasteiger partial charge < -0.3 is 15.6 Å². The molecule has 1 aromatic heterocycles. The zero-order valence-corrected chi connectivity index (χ0v) is 15.4. The number of hydrogen-bond donors (Lipinski definition) is 2. The van der Waals surface area contributed by atoms with Gasteiger partial charge in [-0.3, -0.25) is 9.59 Å². The Morgan fingerprint density at radius 3 is 2.41 bits per heavy atom. The first-order valence-electron chi connectivity index (χ1n) is 9.31. The molecule has 5 heteroatoms. The monoisotopic (exact) mass is 361 g/mol. The molecule has 138 valence electrons. The topological polar surface area (TPSA) is 79.2 Å². The molecular formula is C22H23N3O2. The largest absolute Gasteiger partial charge is 0.369 e. The standard InChI is InChI=1S/C22H23N3O2/c1-14-6-5-9-17-18(15-7-3-2-4-8-15)20(24-19(14)17)22(27)25-12-10-16(11-13-25)21(23)26/h2-9,16,24H,10-13H2,1H3,(H2,23,26). The molecule has 3 aromatic rings. The van der Waals surface area contributed by atoms with E-state index >= 15 is 0 Å². The Balaban J connectivity index is 1.76. The third-order valence-electron chi connectivity index (χ3n) is 5.50. The molecule has 0 aliphatic carbocycles. The van der Waals surface area contributed by atoms with Gasteiger partial charge in [-0.1, -0.05) is 48.5 Å². The molecule has 2 amide bonds. The Labute approximate surface area is 158 Å². The number of aromatic amines is 1. The molecule has 0 radical (unpaired) electrons. The third kappa shape index (κ3) is 3.10. The summed E-state index contributed by atoms with van der Waals surface area (Å²) in [5.74, 6) is -0.423. The number of nitrogens with two attached hydrogens (primary N) is 1. The quantitative estimate of drug-likeness (QED) is 0.749. The number of likely N-dealkylation sites (tertiary alicyclic amines) is 1. The predicted molar refractivity (Wildman–Crippen MR) is 106 cm³/mol. The number of primary amides is 1. The van der Waals surface area contributed by atoms with E-state index in [0.717, 1.165) is 27.6 Å². The van der Waals surface area contributed by atoms with Crippen LogP contribution < -0.4 is 5.73 Å². The Bertz CT molecular complexity index is 999. The number of aryl methyl sites for hydroxylation is 1. The average Bonchev–Trinajstić information content (AvgIpc) is 3.09. The minimum atomic E-state index is -0.270. The highest BCUT2D eigenvalue weighted by atomic mass is 16.2. The lowest BCUT2D eigenvalue weighted by atomic mass is 9.95. The summed E-state index contributed by atoms with van der Waals surface area (Å²) in [4.78, 5) is 29.9. The molecule has 1 aliphatic rings. The summed E-state index contributed by atoms with van der Waals surface area (Å²) in [5, 5.41) is 1.05. The number of benzene rings is 2. The van der Waals surface area contributed by atoms with E-state index in [9.17, 15) is 9.59 Å². The molecule has 5 nitrogen and oxygen atoms in total. The summed E-state index contributed by atoms with van der Waals surface area (Å²) in [6.45, 7) is 3.14. The molecule has 0 atom stereocenters. The van der Waals surface area contributed by atoms with Crippen molar-refractivity contribution in [2.24, 2.45) is 11.7 Å². The lowest BCUT2D eigenvalue weighted by molar-refractivity contribution is -0.123. The molecule has 27 heavy (non-hydrogen) atoms. The molecule has 1 fully saturated rings. The number of hydrogen-bond acceptors (Lipinski definition) is 2. The van der Waals surface area contributed by atoms with Gasteiger partial charge in [-0.2, -0.15) is 0 Å². The number of amides is 2. The fourth-order valence-electron chi connectivity index (χ4n) is 3.95. The summed E-state index contributed by atoms with van der Waals surface area (Å²) in [6, 6.07) is 16.1. The summed E-state index contributed by atoms with van der Waals surface area (Å²) < 4.78 is 0. The number of para-hydroxylation sites is 1. The Morgan fingerprint density at radius 1 is 1.04 bits per heavy atom. The van der Waals surface area contributed by atoms with Crippen LogP contribution in [0.4, 0.5) is 0 Å². The molecular weight excluding hydrogens is 338 g/mol. The van der Waals surface area contributed by atoms with E-state index in [4.69, 9.17) is 5.73 Å². The number of fused-ring (bicyclic) bond motifs is 1. The van der Waals surface area contributed by atoms with Crippen LogP contribution in [0.15, 0.2) is 48.5 Å². The fraction of sp³-hybridized carbons (Fsp3) is 0.273. The van der Waals surface area contributed by atoms with Gasteiger partial charge in [0.25, 0.3) is 5.91 Å². The van der Waals surface area contributed by atoms with Crippen molar-refractivity contribution < 1.29 is 9.59 Å². The Morgan fingerprint density at radius 2 is 1.74 bits per heavy atom. The number of nitrogens with zero attached hydrogens (tertiary/aromatic N) is 1. The van der Waals surface area contributed by atoms with E-state index in [-0.39, 0.29) is 17.7 Å². The SMILES string of the molecule is Cc1cccc2c(-c3ccccc3)c(C(=O)N3CCC(C(N)=O)CC3)[nH]c12. The van der Waals surface area contributed by atoms with Gasteiger partial charge in [0.1, 0.15) is 5.69 Å². The zero-order valence-electron chi connectivity index (χ0n) is 15.4. The van der Waals surface area contributed by atoms with Crippen LogP contribution in [0.2, 0.25) is 0 Å². The molecule has 3 N–H and O–H groups in total. The van der Waals surface area contributed by atoms with Crippen LogP contribution in [0.3, 0.4) is 0 Å². The summed E-state index contributed by atoms with van der Waals surface area (Å²) in [6.07, 6.45) is 1.25. The van der Waals surface area contributed by atoms with Crippen LogP contribution in [0.5, 0.6) is 0 Å². The average molecular weight is 361 g/mol. The smallest absolute Gasteiger partial charge is 0.270 e. The van der Waals surface area contributed by atoms with Crippen LogP contribution in [-0.2, 0) is 4.79 Å².